The highest BCUT2D eigenvalue weighted by atomic mass is 19.4. The van der Waals surface area contributed by atoms with E-state index in [0.717, 1.165) is 22.8 Å². The molecule has 0 atom stereocenters. The van der Waals surface area contributed by atoms with E-state index in [4.69, 9.17) is 0 Å². The minimum Gasteiger partial charge on any atom is -0.285 e. The van der Waals surface area contributed by atoms with Gasteiger partial charge in [0.05, 0.1) is 22.2 Å². The number of ketones is 1. The Morgan fingerprint density at radius 3 is 2.61 bits per heavy atom. The smallest absolute Gasteiger partial charge is 0.285 e. The molecule has 0 saturated heterocycles. The highest BCUT2D eigenvalue weighted by Gasteiger charge is 2.36. The van der Waals surface area contributed by atoms with Crippen molar-refractivity contribution in [2.45, 2.75) is 6.18 Å². The Balaban J connectivity index is 2.06. The molecule has 4 rings (SSSR count). The number of hydrogen-bond donors (Lipinski definition) is 0. The molecule has 0 saturated carbocycles. The quantitative estimate of drug-likeness (QED) is 0.499. The Bertz CT molecular complexity index is 1050. The first-order chi connectivity index (χ1) is 10.9. The lowest BCUT2D eigenvalue weighted by Gasteiger charge is -2.08. The number of fused-ring (bicyclic) bond motifs is 4. The average Bonchev–Trinajstić information content (AvgIpc) is 2.80. The van der Waals surface area contributed by atoms with E-state index in [1.165, 1.54) is 12.3 Å². The zero-order valence-corrected chi connectivity index (χ0v) is 11.3. The Kier molecular flexibility index (Phi) is 2.52. The summed E-state index contributed by atoms with van der Waals surface area (Å²) in [5, 5.41) is 0.191. The van der Waals surface area contributed by atoms with Gasteiger partial charge in [0, 0.05) is 6.20 Å². The molecule has 3 aromatic rings. The molecule has 8 heteroatoms. The van der Waals surface area contributed by atoms with Crippen molar-refractivity contribution in [3.63, 3.8) is 0 Å². The Morgan fingerprint density at radius 2 is 1.87 bits per heavy atom. The highest BCUT2D eigenvalue weighted by molar-refractivity contribution is 6.13. The topological polar surface area (TPSA) is 64.8 Å². The lowest BCUT2D eigenvalue weighted by molar-refractivity contribution is -0.137. The summed E-state index contributed by atoms with van der Waals surface area (Å²) in [5.74, 6) is -0.953. The molecule has 0 amide bonds. The highest BCUT2D eigenvalue weighted by Crippen LogP contribution is 2.34. The second-order valence-electron chi connectivity index (χ2n) is 5.01. The minimum atomic E-state index is -4.57. The monoisotopic (exact) mass is 317 g/mol. The fraction of sp³-hybridized carbons (Fsp3) is 0.0667. The van der Waals surface area contributed by atoms with Crippen LogP contribution in [-0.2, 0) is 6.18 Å². The molecule has 0 bridgehead atoms. The van der Waals surface area contributed by atoms with Gasteiger partial charge in [-0.15, -0.1) is 0 Å². The SMILES string of the molecule is O=C1c2cc(C(F)(F)F)ccc2-n2c1nc1ncccc1c2=O. The molecule has 3 heterocycles. The van der Waals surface area contributed by atoms with Gasteiger partial charge in [0.2, 0.25) is 5.78 Å². The number of carbonyl (C=O) groups excluding carboxylic acids is 1. The maximum absolute atomic E-state index is 12.8. The summed E-state index contributed by atoms with van der Waals surface area (Å²) in [7, 11) is 0. The van der Waals surface area contributed by atoms with E-state index in [-0.39, 0.29) is 28.1 Å². The molecule has 0 unspecified atom stereocenters. The van der Waals surface area contributed by atoms with Crippen LogP contribution in [0.1, 0.15) is 21.7 Å². The van der Waals surface area contributed by atoms with Crippen molar-refractivity contribution < 1.29 is 18.0 Å². The summed E-state index contributed by atoms with van der Waals surface area (Å²) in [5.41, 5.74) is -1.50. The van der Waals surface area contributed by atoms with Crippen LogP contribution in [0.4, 0.5) is 13.2 Å². The van der Waals surface area contributed by atoms with E-state index in [1.54, 1.807) is 6.07 Å². The summed E-state index contributed by atoms with van der Waals surface area (Å²) in [6.45, 7) is 0. The third-order valence-corrected chi connectivity index (χ3v) is 3.66. The number of hydrogen-bond acceptors (Lipinski definition) is 4. The average molecular weight is 317 g/mol. The van der Waals surface area contributed by atoms with Crippen LogP contribution < -0.4 is 5.56 Å². The molecule has 1 aliphatic rings. The van der Waals surface area contributed by atoms with E-state index in [2.05, 4.69) is 9.97 Å². The molecule has 1 aliphatic heterocycles. The van der Waals surface area contributed by atoms with Crippen LogP contribution in [0, 0.1) is 0 Å². The lowest BCUT2D eigenvalue weighted by atomic mass is 10.1. The molecule has 0 spiro atoms. The fourth-order valence-corrected chi connectivity index (χ4v) is 2.61. The fourth-order valence-electron chi connectivity index (χ4n) is 2.61. The van der Waals surface area contributed by atoms with Crippen molar-refractivity contribution >= 4 is 16.8 Å². The lowest BCUT2D eigenvalue weighted by Crippen LogP contribution is -2.21. The molecular formula is C15H6F3N3O2. The van der Waals surface area contributed by atoms with Gasteiger partial charge in [-0.1, -0.05) is 0 Å². The van der Waals surface area contributed by atoms with E-state index < -0.39 is 23.1 Å². The Labute approximate surface area is 126 Å². The third-order valence-electron chi connectivity index (χ3n) is 3.66. The minimum absolute atomic E-state index is 0.0842. The van der Waals surface area contributed by atoms with Gasteiger partial charge in [0.15, 0.2) is 11.5 Å². The van der Waals surface area contributed by atoms with Gasteiger partial charge < -0.3 is 0 Å². The third kappa shape index (κ3) is 1.81. The van der Waals surface area contributed by atoms with Gasteiger partial charge in [-0.3, -0.25) is 14.2 Å². The van der Waals surface area contributed by atoms with Crippen LogP contribution in [0.5, 0.6) is 0 Å². The van der Waals surface area contributed by atoms with Crippen LogP contribution in [-0.4, -0.2) is 20.3 Å². The van der Waals surface area contributed by atoms with Crippen molar-refractivity contribution in [2.24, 2.45) is 0 Å². The van der Waals surface area contributed by atoms with E-state index in [9.17, 15) is 22.8 Å². The van der Waals surface area contributed by atoms with E-state index in [0.29, 0.717) is 0 Å². The molecule has 5 nitrogen and oxygen atoms in total. The maximum atomic E-state index is 12.8. The van der Waals surface area contributed by atoms with Gasteiger partial charge in [0.25, 0.3) is 5.56 Å². The van der Waals surface area contributed by atoms with Crippen molar-refractivity contribution in [3.8, 4) is 5.69 Å². The van der Waals surface area contributed by atoms with Crippen molar-refractivity contribution in [1.82, 2.24) is 14.5 Å². The first-order valence-corrected chi connectivity index (χ1v) is 6.52. The molecule has 0 fully saturated rings. The number of nitrogens with zero attached hydrogens (tertiary/aromatic N) is 3. The van der Waals surface area contributed by atoms with Crippen molar-refractivity contribution in [3.05, 3.63) is 63.8 Å². The standard InChI is InChI=1S/C15H6F3N3O2/c16-15(17,18)7-3-4-10-9(6-7)11(22)13-20-12-8(2-1-5-19-12)14(23)21(10)13/h1-6H. The molecule has 1 aromatic carbocycles. The summed E-state index contributed by atoms with van der Waals surface area (Å²) in [4.78, 5) is 32.8. The number of pyridine rings is 1. The Hall–Kier alpha value is -3.03. The van der Waals surface area contributed by atoms with E-state index >= 15 is 0 Å². The predicted octanol–water partition coefficient (Wildman–Crippen LogP) is 2.34. The van der Waals surface area contributed by atoms with Gasteiger partial charge in [0.1, 0.15) is 0 Å². The molecule has 2 aromatic heterocycles. The van der Waals surface area contributed by atoms with Crippen LogP contribution in [0.3, 0.4) is 0 Å². The largest absolute Gasteiger partial charge is 0.416 e. The number of alkyl halides is 3. The molecule has 0 N–H and O–H groups in total. The van der Waals surface area contributed by atoms with Crippen molar-refractivity contribution in [1.29, 1.82) is 0 Å². The second-order valence-corrected chi connectivity index (χ2v) is 5.01. The van der Waals surface area contributed by atoms with Gasteiger partial charge in [-0.05, 0) is 30.3 Å². The first-order valence-electron chi connectivity index (χ1n) is 6.52. The van der Waals surface area contributed by atoms with Crippen LogP contribution >= 0.6 is 0 Å². The van der Waals surface area contributed by atoms with E-state index in [1.807, 2.05) is 0 Å². The van der Waals surface area contributed by atoms with Crippen LogP contribution in [0.15, 0.2) is 41.3 Å². The van der Waals surface area contributed by atoms with Gasteiger partial charge in [-0.2, -0.15) is 13.2 Å². The number of benzene rings is 1. The van der Waals surface area contributed by atoms with Gasteiger partial charge >= 0.3 is 6.18 Å². The number of carbonyl (C=O) groups is 1. The number of aromatic nitrogens is 3. The van der Waals surface area contributed by atoms with Crippen LogP contribution in [0.25, 0.3) is 16.7 Å². The zero-order valence-electron chi connectivity index (χ0n) is 11.3. The summed E-state index contributed by atoms with van der Waals surface area (Å²) in [6, 6.07) is 5.73. The second kappa shape index (κ2) is 4.25. The number of rotatable bonds is 0. The molecule has 114 valence electrons. The molecule has 0 aliphatic carbocycles. The molecular weight excluding hydrogens is 311 g/mol. The normalized spacial score (nSPS) is 13.3. The summed E-state index contributed by atoms with van der Waals surface area (Å²) >= 11 is 0. The van der Waals surface area contributed by atoms with Crippen LogP contribution in [0.2, 0.25) is 0 Å². The van der Waals surface area contributed by atoms with Crippen molar-refractivity contribution in [2.75, 3.05) is 0 Å². The maximum Gasteiger partial charge on any atom is 0.416 e. The zero-order chi connectivity index (χ0) is 16.4. The summed E-state index contributed by atoms with van der Waals surface area (Å²) in [6.07, 6.45) is -3.16. The summed E-state index contributed by atoms with van der Waals surface area (Å²) < 4.78 is 39.5. The number of halogens is 3. The van der Waals surface area contributed by atoms with Gasteiger partial charge in [-0.25, -0.2) is 9.97 Å². The predicted molar refractivity (Wildman–Crippen MR) is 73.6 cm³/mol. The molecule has 23 heavy (non-hydrogen) atoms. The first kappa shape index (κ1) is 13.6. The molecule has 0 radical (unpaired) electrons. The Morgan fingerprint density at radius 1 is 1.09 bits per heavy atom.